The van der Waals surface area contributed by atoms with Crippen LogP contribution in [0.4, 0.5) is 4.79 Å². The zero-order chi connectivity index (χ0) is 27.2. The van der Waals surface area contributed by atoms with E-state index in [4.69, 9.17) is 13.9 Å². The third-order valence-corrected chi connectivity index (χ3v) is 8.57. The lowest BCUT2D eigenvalue weighted by Crippen LogP contribution is -2.52. The lowest BCUT2D eigenvalue weighted by atomic mass is 9.95. The van der Waals surface area contributed by atoms with Gasteiger partial charge in [-0.2, -0.15) is 4.73 Å². The number of hydrogen-bond donors (Lipinski definition) is 1. The van der Waals surface area contributed by atoms with E-state index in [1.807, 2.05) is 0 Å². The number of ether oxygens (including phenoxy) is 2. The number of urea groups is 1. The first-order valence-corrected chi connectivity index (χ1v) is 16.0. The number of hydrogen-bond acceptors (Lipinski definition) is 7. The molecule has 0 unspecified atom stereocenters. The highest BCUT2D eigenvalue weighted by Crippen LogP contribution is 2.36. The Morgan fingerprint density at radius 3 is 2.71 bits per heavy atom. The van der Waals surface area contributed by atoms with Gasteiger partial charge < -0.3 is 29.3 Å². The summed E-state index contributed by atoms with van der Waals surface area (Å²) in [5.41, 5.74) is -0.0708. The van der Waals surface area contributed by atoms with Crippen molar-refractivity contribution in [2.45, 2.75) is 37.8 Å². The fraction of sp³-hybridized carbons (Fsp3) is 0.385. The first-order valence-electron chi connectivity index (χ1n) is 12.3. The number of methoxy groups -OCH3 is 1. The lowest BCUT2D eigenvalue weighted by Gasteiger charge is -2.29. The molecule has 3 aromatic rings. The molecule has 2 aliphatic rings. The third-order valence-electron chi connectivity index (χ3n) is 6.87. The van der Waals surface area contributed by atoms with Crippen molar-refractivity contribution in [3.05, 3.63) is 64.8 Å². The topological polar surface area (TPSA) is 128 Å². The average molecular weight is 539 g/mol. The van der Waals surface area contributed by atoms with Crippen molar-refractivity contribution < 1.29 is 33.0 Å². The van der Waals surface area contributed by atoms with Crippen LogP contribution < -0.4 is 14.8 Å². The van der Waals surface area contributed by atoms with E-state index >= 15 is 0 Å². The first-order chi connectivity index (χ1) is 18.0. The summed E-state index contributed by atoms with van der Waals surface area (Å²) in [6.07, 6.45) is 2.60. The van der Waals surface area contributed by atoms with Crippen LogP contribution in [0.15, 0.2) is 47.1 Å². The number of amides is 4. The van der Waals surface area contributed by atoms with Gasteiger partial charge in [-0.25, -0.2) is 9.69 Å². The number of aromatic nitrogens is 1. The van der Waals surface area contributed by atoms with Crippen molar-refractivity contribution >= 4 is 36.9 Å². The minimum atomic E-state index is -1.70. The second kappa shape index (κ2) is 9.44. The summed E-state index contributed by atoms with van der Waals surface area (Å²) in [5, 5.41) is 15.1. The molecular weight excluding hydrogens is 508 g/mol. The van der Waals surface area contributed by atoms with Gasteiger partial charge in [-0.15, -0.1) is 0 Å². The summed E-state index contributed by atoms with van der Waals surface area (Å²) in [5.74, 6) is -0.212. The Hall–Kier alpha value is -3.90. The van der Waals surface area contributed by atoms with Crippen molar-refractivity contribution in [1.82, 2.24) is 15.1 Å². The largest absolute Gasteiger partial charge is 0.619 e. The predicted octanol–water partition coefficient (Wildman–Crippen LogP) is 2.79. The maximum absolute atomic E-state index is 13.9. The molecule has 200 valence electrons. The summed E-state index contributed by atoms with van der Waals surface area (Å²) in [6, 6.07) is 8.51. The van der Waals surface area contributed by atoms with E-state index in [1.165, 1.54) is 30.5 Å². The summed E-state index contributed by atoms with van der Waals surface area (Å²) in [6.45, 7) is 6.92. The number of carbonyl (C=O) groups is 3. The van der Waals surface area contributed by atoms with Crippen LogP contribution in [0.3, 0.4) is 0 Å². The van der Waals surface area contributed by atoms with E-state index < -0.39 is 25.6 Å². The molecule has 1 atom stereocenters. The second-order valence-corrected chi connectivity index (χ2v) is 16.5. The highest BCUT2D eigenvalue weighted by molar-refractivity contribution is 6.76. The van der Waals surface area contributed by atoms with E-state index in [0.29, 0.717) is 33.6 Å². The van der Waals surface area contributed by atoms with Gasteiger partial charge in [-0.3, -0.25) is 9.59 Å². The van der Waals surface area contributed by atoms with Gasteiger partial charge in [0.1, 0.15) is 23.8 Å². The van der Waals surface area contributed by atoms with Crippen LogP contribution in [0.1, 0.15) is 21.7 Å². The molecule has 5 rings (SSSR count). The van der Waals surface area contributed by atoms with Gasteiger partial charge in [0.05, 0.1) is 19.0 Å². The van der Waals surface area contributed by atoms with Crippen molar-refractivity contribution in [1.29, 1.82) is 0 Å². The molecule has 1 N–H and O–H groups in total. The van der Waals surface area contributed by atoms with Crippen LogP contribution in [0.2, 0.25) is 25.7 Å². The van der Waals surface area contributed by atoms with Crippen molar-refractivity contribution in [3.63, 3.8) is 0 Å². The molecule has 0 radical (unpaired) electrons. The van der Waals surface area contributed by atoms with Crippen LogP contribution in [0.25, 0.3) is 11.0 Å². The van der Waals surface area contributed by atoms with E-state index in [2.05, 4.69) is 25.0 Å². The zero-order valence-electron chi connectivity index (χ0n) is 21.8. The molecule has 11 nitrogen and oxygen atoms in total. The Balaban J connectivity index is 1.47. The maximum Gasteiger partial charge on any atom is 0.327 e. The van der Waals surface area contributed by atoms with Gasteiger partial charge in [-0.05, 0) is 29.8 Å². The number of carbonyl (C=O) groups excluding carboxylic acids is 3. The molecule has 1 saturated heterocycles. The number of nitrogens with one attached hydrogen (secondary N) is 1. The monoisotopic (exact) mass is 538 g/mol. The molecule has 4 heterocycles. The first kappa shape index (κ1) is 25.7. The SMILES string of the molecule is COc1ccc2c(c1)C(=O)N(C[C@@]1(c3cc4c[n+]([O-])ccc4o3)NC(=O)N(COCC[Si](C)(C)C)C1=O)C2. The number of pyridine rings is 1. The summed E-state index contributed by atoms with van der Waals surface area (Å²) in [4.78, 5) is 42.9. The number of nitrogens with zero attached hydrogens (tertiary/aromatic N) is 3. The minimum absolute atomic E-state index is 0.128. The molecule has 38 heavy (non-hydrogen) atoms. The number of rotatable bonds is 9. The number of furan rings is 1. The van der Waals surface area contributed by atoms with Crippen LogP contribution >= 0.6 is 0 Å². The normalized spacial score (nSPS) is 19.4. The maximum atomic E-state index is 13.9. The van der Waals surface area contributed by atoms with Gasteiger partial charge in [0.15, 0.2) is 17.9 Å². The van der Waals surface area contributed by atoms with Gasteiger partial charge in [-0.1, -0.05) is 25.7 Å². The van der Waals surface area contributed by atoms with E-state index in [1.54, 1.807) is 24.3 Å². The molecule has 1 fully saturated rings. The molecule has 4 amide bonds. The predicted molar refractivity (Wildman–Crippen MR) is 139 cm³/mol. The average Bonchev–Trinajstić information content (AvgIpc) is 3.49. The smallest absolute Gasteiger partial charge is 0.327 e. The van der Waals surface area contributed by atoms with Gasteiger partial charge in [0.25, 0.3) is 11.8 Å². The Kier molecular flexibility index (Phi) is 6.39. The highest BCUT2D eigenvalue weighted by Gasteiger charge is 2.56. The quantitative estimate of drug-likeness (QED) is 0.146. The van der Waals surface area contributed by atoms with E-state index in [-0.39, 0.29) is 31.5 Å². The zero-order valence-corrected chi connectivity index (χ0v) is 22.8. The second-order valence-electron chi connectivity index (χ2n) is 10.8. The van der Waals surface area contributed by atoms with Crippen molar-refractivity contribution in [2.24, 2.45) is 0 Å². The molecule has 2 aliphatic heterocycles. The lowest BCUT2D eigenvalue weighted by molar-refractivity contribution is -0.603. The standard InChI is InChI=1S/C26H30N4O7Si/c1-35-19-6-5-17-13-28(23(31)20(17)12-19)15-26(22-11-18-14-29(34)8-7-21(18)37-22)24(32)30(25(33)27-26)16-36-9-10-38(2,3)4/h5-8,11-12,14H,9-10,13,15-16H2,1-4H3,(H,27,33)/t26-/m0/s1. The number of fused-ring (bicyclic) bond motifs is 2. The van der Waals surface area contributed by atoms with E-state index in [0.717, 1.165) is 16.5 Å². The molecule has 0 spiro atoms. The molecule has 2 aromatic heterocycles. The number of imide groups is 1. The molecule has 0 aliphatic carbocycles. The fourth-order valence-corrected chi connectivity index (χ4v) is 5.45. The van der Waals surface area contributed by atoms with Crippen LogP contribution in [-0.2, 0) is 21.6 Å². The molecule has 1 aromatic carbocycles. The Bertz CT molecular complexity index is 1430. The molecule has 12 heteroatoms. The minimum Gasteiger partial charge on any atom is -0.619 e. The van der Waals surface area contributed by atoms with Crippen LogP contribution in [0.5, 0.6) is 5.75 Å². The fourth-order valence-electron chi connectivity index (χ4n) is 4.69. The molecule has 0 saturated carbocycles. The van der Waals surface area contributed by atoms with E-state index in [9.17, 15) is 19.6 Å². The Morgan fingerprint density at radius 1 is 1.18 bits per heavy atom. The van der Waals surface area contributed by atoms with Crippen molar-refractivity contribution in [3.8, 4) is 5.75 Å². The highest BCUT2D eigenvalue weighted by atomic mass is 28.3. The van der Waals surface area contributed by atoms with Crippen LogP contribution in [0, 0.1) is 5.21 Å². The Labute approximate surface area is 220 Å². The van der Waals surface area contributed by atoms with Gasteiger partial charge in [0.2, 0.25) is 0 Å². The molecule has 0 bridgehead atoms. The third kappa shape index (κ3) is 4.61. The van der Waals surface area contributed by atoms with Crippen molar-refractivity contribution in [2.75, 3.05) is 27.0 Å². The Morgan fingerprint density at radius 2 is 1.97 bits per heavy atom. The number of benzene rings is 1. The van der Waals surface area contributed by atoms with Gasteiger partial charge >= 0.3 is 6.03 Å². The summed E-state index contributed by atoms with van der Waals surface area (Å²) >= 11 is 0. The summed E-state index contributed by atoms with van der Waals surface area (Å²) in [7, 11) is 0.154. The van der Waals surface area contributed by atoms with Gasteiger partial charge in [0, 0.05) is 32.9 Å². The molecular formula is C26H30N4O7Si. The van der Waals surface area contributed by atoms with Crippen LogP contribution in [-0.4, -0.2) is 62.7 Å². The summed E-state index contributed by atoms with van der Waals surface area (Å²) < 4.78 is 17.6.